The average molecular weight is 244 g/mol. The summed E-state index contributed by atoms with van der Waals surface area (Å²) >= 11 is 0. The highest BCUT2D eigenvalue weighted by molar-refractivity contribution is 5.89. The Kier molecular flexibility index (Phi) is 4.06. The molecule has 0 aromatic carbocycles. The minimum Gasteiger partial charge on any atom is -0.309 e. The highest BCUT2D eigenvalue weighted by Crippen LogP contribution is 2.04. The molecule has 1 amide bonds. The smallest absolute Gasteiger partial charge is 0.225 e. The van der Waals surface area contributed by atoms with Gasteiger partial charge in [-0.1, -0.05) is 13.0 Å². The second kappa shape index (κ2) is 5.95. The Balaban J connectivity index is 1.89. The summed E-state index contributed by atoms with van der Waals surface area (Å²) in [7, 11) is 0. The lowest BCUT2D eigenvalue weighted by molar-refractivity contribution is -0.115. The van der Waals surface area contributed by atoms with Crippen LogP contribution in [-0.2, 0) is 17.8 Å². The van der Waals surface area contributed by atoms with Crippen molar-refractivity contribution in [3.05, 3.63) is 42.4 Å². The van der Waals surface area contributed by atoms with Crippen molar-refractivity contribution in [1.29, 1.82) is 0 Å². The molecule has 5 nitrogen and oxygen atoms in total. The summed E-state index contributed by atoms with van der Waals surface area (Å²) in [5.41, 5.74) is 1.03. The molecule has 2 aromatic rings. The highest BCUT2D eigenvalue weighted by Gasteiger charge is 2.02. The molecule has 2 aromatic heterocycles. The molecule has 0 aliphatic carbocycles. The second-order valence-corrected chi connectivity index (χ2v) is 3.94. The number of carbonyl (C=O) groups is 1. The number of aryl methyl sites for hydroxylation is 2. The Bertz CT molecular complexity index is 507. The predicted octanol–water partition coefficient (Wildman–Crippen LogP) is 1.87. The molecule has 0 aliphatic rings. The van der Waals surface area contributed by atoms with Gasteiger partial charge in [0.15, 0.2) is 5.82 Å². The summed E-state index contributed by atoms with van der Waals surface area (Å²) in [6.07, 6.45) is 4.92. The first-order chi connectivity index (χ1) is 8.78. The second-order valence-electron chi connectivity index (χ2n) is 3.94. The van der Waals surface area contributed by atoms with E-state index in [1.165, 1.54) is 0 Å². The van der Waals surface area contributed by atoms with Crippen molar-refractivity contribution in [1.82, 2.24) is 14.8 Å². The van der Waals surface area contributed by atoms with E-state index in [1.54, 1.807) is 16.9 Å². The van der Waals surface area contributed by atoms with Gasteiger partial charge in [0.05, 0.1) is 0 Å². The van der Waals surface area contributed by atoms with E-state index >= 15 is 0 Å². The number of nitrogens with zero attached hydrogens (tertiary/aromatic N) is 3. The van der Waals surface area contributed by atoms with Crippen molar-refractivity contribution >= 4 is 11.7 Å². The molecule has 0 saturated heterocycles. The number of anilines is 1. The molecule has 2 rings (SSSR count). The van der Waals surface area contributed by atoms with Crippen molar-refractivity contribution in [2.75, 3.05) is 5.32 Å². The summed E-state index contributed by atoms with van der Waals surface area (Å²) in [5, 5.41) is 6.99. The summed E-state index contributed by atoms with van der Waals surface area (Å²) in [6, 6.07) is 7.66. The SMILES string of the molecule is CCC(=O)Nc1ccn(CCc2ccccn2)n1. The number of hydrogen-bond donors (Lipinski definition) is 1. The van der Waals surface area contributed by atoms with Gasteiger partial charge in [-0.2, -0.15) is 5.10 Å². The molecular weight excluding hydrogens is 228 g/mol. The molecule has 0 unspecified atom stereocenters. The molecule has 0 aliphatic heterocycles. The first-order valence-corrected chi connectivity index (χ1v) is 6.01. The van der Waals surface area contributed by atoms with E-state index in [0.717, 1.165) is 18.7 Å². The number of aromatic nitrogens is 3. The Labute approximate surface area is 106 Å². The predicted molar refractivity (Wildman–Crippen MR) is 69.1 cm³/mol. The van der Waals surface area contributed by atoms with Crippen LogP contribution in [0, 0.1) is 0 Å². The normalized spacial score (nSPS) is 10.3. The van der Waals surface area contributed by atoms with Crippen molar-refractivity contribution < 1.29 is 4.79 Å². The van der Waals surface area contributed by atoms with Gasteiger partial charge >= 0.3 is 0 Å². The van der Waals surface area contributed by atoms with Crippen LogP contribution in [0.4, 0.5) is 5.82 Å². The van der Waals surface area contributed by atoms with Crippen LogP contribution in [0.15, 0.2) is 36.7 Å². The first-order valence-electron chi connectivity index (χ1n) is 6.01. The fourth-order valence-corrected chi connectivity index (χ4v) is 1.56. The van der Waals surface area contributed by atoms with Gasteiger partial charge in [-0.15, -0.1) is 0 Å². The number of carbonyl (C=O) groups excluding carboxylic acids is 1. The topological polar surface area (TPSA) is 59.8 Å². The molecule has 0 atom stereocenters. The molecule has 0 fully saturated rings. The van der Waals surface area contributed by atoms with Crippen LogP contribution in [-0.4, -0.2) is 20.7 Å². The Morgan fingerprint density at radius 2 is 2.28 bits per heavy atom. The molecule has 94 valence electrons. The minimum atomic E-state index is -0.0232. The van der Waals surface area contributed by atoms with Crippen molar-refractivity contribution in [3.63, 3.8) is 0 Å². The van der Waals surface area contributed by atoms with Gasteiger partial charge in [0, 0.05) is 43.5 Å². The first kappa shape index (κ1) is 12.3. The maximum atomic E-state index is 11.2. The monoisotopic (exact) mass is 244 g/mol. The van der Waals surface area contributed by atoms with Gasteiger partial charge in [0.25, 0.3) is 0 Å². The van der Waals surface area contributed by atoms with E-state index in [0.29, 0.717) is 12.2 Å². The van der Waals surface area contributed by atoms with Gasteiger partial charge in [0.2, 0.25) is 5.91 Å². The Morgan fingerprint density at radius 3 is 3.00 bits per heavy atom. The van der Waals surface area contributed by atoms with E-state index in [4.69, 9.17) is 0 Å². The quantitative estimate of drug-likeness (QED) is 0.873. The van der Waals surface area contributed by atoms with E-state index in [-0.39, 0.29) is 5.91 Å². The lowest BCUT2D eigenvalue weighted by Crippen LogP contribution is -2.11. The zero-order valence-corrected chi connectivity index (χ0v) is 10.3. The fraction of sp³-hybridized carbons (Fsp3) is 0.308. The molecule has 0 spiro atoms. The van der Waals surface area contributed by atoms with Gasteiger partial charge < -0.3 is 5.32 Å². The van der Waals surface area contributed by atoms with Gasteiger partial charge in [-0.05, 0) is 12.1 Å². The molecule has 1 N–H and O–H groups in total. The Morgan fingerprint density at radius 1 is 1.39 bits per heavy atom. The maximum Gasteiger partial charge on any atom is 0.225 e. The van der Waals surface area contributed by atoms with Crippen LogP contribution in [0.1, 0.15) is 19.0 Å². The summed E-state index contributed by atoms with van der Waals surface area (Å²) in [4.78, 5) is 15.5. The molecule has 0 radical (unpaired) electrons. The number of pyridine rings is 1. The third-order valence-corrected chi connectivity index (χ3v) is 2.55. The zero-order chi connectivity index (χ0) is 12.8. The van der Waals surface area contributed by atoms with E-state index < -0.39 is 0 Å². The Hall–Kier alpha value is -2.17. The van der Waals surface area contributed by atoms with Crippen molar-refractivity contribution in [2.24, 2.45) is 0 Å². The molecule has 18 heavy (non-hydrogen) atoms. The van der Waals surface area contributed by atoms with E-state index in [9.17, 15) is 4.79 Å². The standard InChI is InChI=1S/C13H16N4O/c1-2-13(18)15-12-7-10-17(16-12)9-6-11-5-3-4-8-14-11/h3-5,7-8,10H,2,6,9H2,1H3,(H,15,16,18). The van der Waals surface area contributed by atoms with Gasteiger partial charge in [-0.3, -0.25) is 14.5 Å². The van der Waals surface area contributed by atoms with Gasteiger partial charge in [-0.25, -0.2) is 0 Å². The third kappa shape index (κ3) is 3.41. The maximum absolute atomic E-state index is 11.2. The van der Waals surface area contributed by atoms with Gasteiger partial charge in [0.1, 0.15) is 0 Å². The van der Waals surface area contributed by atoms with Crippen molar-refractivity contribution in [3.8, 4) is 0 Å². The third-order valence-electron chi connectivity index (χ3n) is 2.55. The van der Waals surface area contributed by atoms with E-state index in [2.05, 4.69) is 15.4 Å². The average Bonchev–Trinajstić information content (AvgIpc) is 2.85. The number of nitrogens with one attached hydrogen (secondary N) is 1. The fourth-order valence-electron chi connectivity index (χ4n) is 1.56. The van der Waals surface area contributed by atoms with Crippen LogP contribution < -0.4 is 5.32 Å². The molecular formula is C13H16N4O. The molecule has 2 heterocycles. The zero-order valence-electron chi connectivity index (χ0n) is 10.3. The van der Waals surface area contributed by atoms with E-state index in [1.807, 2.05) is 31.3 Å². The van der Waals surface area contributed by atoms with Crippen LogP contribution in [0.25, 0.3) is 0 Å². The highest BCUT2D eigenvalue weighted by atomic mass is 16.1. The minimum absolute atomic E-state index is 0.0232. The van der Waals surface area contributed by atoms with Crippen LogP contribution in [0.3, 0.4) is 0 Å². The van der Waals surface area contributed by atoms with Crippen LogP contribution in [0.2, 0.25) is 0 Å². The molecule has 5 heteroatoms. The number of rotatable bonds is 5. The lowest BCUT2D eigenvalue weighted by Gasteiger charge is -2.01. The van der Waals surface area contributed by atoms with Crippen LogP contribution >= 0.6 is 0 Å². The number of hydrogen-bond acceptors (Lipinski definition) is 3. The van der Waals surface area contributed by atoms with Crippen molar-refractivity contribution in [2.45, 2.75) is 26.3 Å². The number of amides is 1. The molecule has 0 bridgehead atoms. The lowest BCUT2D eigenvalue weighted by atomic mass is 10.3. The summed E-state index contributed by atoms with van der Waals surface area (Å²) in [6.45, 7) is 2.56. The largest absolute Gasteiger partial charge is 0.309 e. The van der Waals surface area contributed by atoms with Crippen LogP contribution in [0.5, 0.6) is 0 Å². The summed E-state index contributed by atoms with van der Waals surface area (Å²) in [5.74, 6) is 0.577. The summed E-state index contributed by atoms with van der Waals surface area (Å²) < 4.78 is 1.81. The molecule has 0 saturated carbocycles.